The van der Waals surface area contributed by atoms with E-state index in [1.165, 1.54) is 11.3 Å². The second kappa shape index (κ2) is 6.88. The van der Waals surface area contributed by atoms with E-state index in [0.29, 0.717) is 12.1 Å². The molecule has 0 saturated heterocycles. The molecule has 5 rings (SSSR count). The SMILES string of the molecule is O=C(NCc1n[nH]c2c1CCC2)c1cc(-c2ccncc2)nc2ccccc12. The van der Waals surface area contributed by atoms with Gasteiger partial charge in [0, 0.05) is 29.0 Å². The van der Waals surface area contributed by atoms with Crippen molar-refractivity contribution in [1.82, 2.24) is 25.5 Å². The molecule has 0 unspecified atom stereocenters. The first-order valence-electron chi connectivity index (χ1n) is 9.43. The minimum Gasteiger partial charge on any atom is -0.346 e. The summed E-state index contributed by atoms with van der Waals surface area (Å²) in [5, 5.41) is 11.3. The van der Waals surface area contributed by atoms with Crippen molar-refractivity contribution in [2.75, 3.05) is 0 Å². The monoisotopic (exact) mass is 369 g/mol. The highest BCUT2D eigenvalue weighted by molar-refractivity contribution is 6.07. The van der Waals surface area contributed by atoms with Crippen molar-refractivity contribution in [3.05, 3.63) is 77.4 Å². The second-order valence-corrected chi connectivity index (χ2v) is 6.97. The Morgan fingerprint density at radius 2 is 1.96 bits per heavy atom. The number of aromatic nitrogens is 4. The Kier molecular flexibility index (Phi) is 4.09. The predicted octanol–water partition coefficient (Wildman–Crippen LogP) is 3.44. The van der Waals surface area contributed by atoms with Gasteiger partial charge in [0.25, 0.3) is 5.91 Å². The lowest BCUT2D eigenvalue weighted by atomic mass is 10.0. The van der Waals surface area contributed by atoms with Gasteiger partial charge in [0.1, 0.15) is 0 Å². The van der Waals surface area contributed by atoms with E-state index in [0.717, 1.165) is 47.1 Å². The molecular weight excluding hydrogens is 350 g/mol. The smallest absolute Gasteiger partial charge is 0.252 e. The van der Waals surface area contributed by atoms with E-state index in [-0.39, 0.29) is 5.91 Å². The third kappa shape index (κ3) is 2.93. The molecular formula is C22H19N5O. The van der Waals surface area contributed by atoms with Crippen LogP contribution in [0.3, 0.4) is 0 Å². The maximum atomic E-state index is 13.0. The fourth-order valence-corrected chi connectivity index (χ4v) is 3.83. The van der Waals surface area contributed by atoms with Gasteiger partial charge in [-0.1, -0.05) is 18.2 Å². The van der Waals surface area contributed by atoms with Crippen LogP contribution in [-0.2, 0) is 19.4 Å². The molecule has 3 heterocycles. The number of benzene rings is 1. The fourth-order valence-electron chi connectivity index (χ4n) is 3.83. The van der Waals surface area contributed by atoms with Crippen molar-refractivity contribution >= 4 is 16.8 Å². The fraction of sp³-hybridized carbons (Fsp3) is 0.182. The molecule has 0 spiro atoms. The predicted molar refractivity (Wildman–Crippen MR) is 107 cm³/mol. The lowest BCUT2D eigenvalue weighted by molar-refractivity contribution is 0.0952. The van der Waals surface area contributed by atoms with Crippen LogP contribution in [0.4, 0.5) is 0 Å². The summed E-state index contributed by atoms with van der Waals surface area (Å²) >= 11 is 0. The Hall–Kier alpha value is -3.54. The van der Waals surface area contributed by atoms with Crippen molar-refractivity contribution in [3.63, 3.8) is 0 Å². The zero-order chi connectivity index (χ0) is 18.9. The van der Waals surface area contributed by atoms with E-state index in [4.69, 9.17) is 4.98 Å². The maximum Gasteiger partial charge on any atom is 0.252 e. The molecule has 1 amide bonds. The first-order valence-corrected chi connectivity index (χ1v) is 9.43. The highest BCUT2D eigenvalue weighted by Crippen LogP contribution is 2.25. The number of hydrogen-bond donors (Lipinski definition) is 2. The lowest BCUT2D eigenvalue weighted by Gasteiger charge is -2.10. The summed E-state index contributed by atoms with van der Waals surface area (Å²) in [4.78, 5) is 21.8. The summed E-state index contributed by atoms with van der Waals surface area (Å²) in [5.41, 5.74) is 6.50. The molecule has 2 N–H and O–H groups in total. The Bertz CT molecular complexity index is 1170. The van der Waals surface area contributed by atoms with Gasteiger partial charge in [-0.15, -0.1) is 0 Å². The molecule has 1 aliphatic rings. The van der Waals surface area contributed by atoms with Crippen LogP contribution >= 0.6 is 0 Å². The van der Waals surface area contributed by atoms with E-state index < -0.39 is 0 Å². The summed E-state index contributed by atoms with van der Waals surface area (Å²) in [7, 11) is 0. The molecule has 1 aromatic carbocycles. The largest absolute Gasteiger partial charge is 0.346 e. The molecule has 6 heteroatoms. The molecule has 0 saturated carbocycles. The number of nitrogens with zero attached hydrogens (tertiary/aromatic N) is 3. The standard InChI is InChI=1S/C22H19N5O/c28-22(24-13-21-16-5-3-7-19(16)26-27-21)17-12-20(14-8-10-23-11-9-14)25-18-6-2-1-4-15(17)18/h1-2,4,6,8-12H,3,5,7,13H2,(H,24,28)(H,26,27). The number of carbonyl (C=O) groups is 1. The van der Waals surface area contributed by atoms with Crippen molar-refractivity contribution in [3.8, 4) is 11.3 Å². The van der Waals surface area contributed by atoms with E-state index in [1.807, 2.05) is 42.5 Å². The number of para-hydroxylation sites is 1. The number of aryl methyl sites for hydroxylation is 1. The summed E-state index contributed by atoms with van der Waals surface area (Å²) in [6, 6.07) is 13.4. The number of fused-ring (bicyclic) bond motifs is 2. The quantitative estimate of drug-likeness (QED) is 0.577. The molecule has 6 nitrogen and oxygen atoms in total. The molecule has 0 radical (unpaired) electrons. The lowest BCUT2D eigenvalue weighted by Crippen LogP contribution is -2.24. The number of carbonyl (C=O) groups excluding carboxylic acids is 1. The van der Waals surface area contributed by atoms with E-state index in [9.17, 15) is 4.79 Å². The number of H-pyrrole nitrogens is 1. The number of nitrogens with one attached hydrogen (secondary N) is 2. The van der Waals surface area contributed by atoms with Crippen molar-refractivity contribution in [1.29, 1.82) is 0 Å². The molecule has 0 atom stereocenters. The van der Waals surface area contributed by atoms with Crippen LogP contribution in [0, 0.1) is 0 Å². The van der Waals surface area contributed by atoms with Crippen LogP contribution in [0.2, 0.25) is 0 Å². The molecule has 4 aromatic rings. The number of aromatic amines is 1. The summed E-state index contributed by atoms with van der Waals surface area (Å²) in [5.74, 6) is -0.122. The van der Waals surface area contributed by atoms with Crippen LogP contribution < -0.4 is 5.32 Å². The van der Waals surface area contributed by atoms with Gasteiger partial charge in [-0.2, -0.15) is 5.10 Å². The maximum absolute atomic E-state index is 13.0. The van der Waals surface area contributed by atoms with Gasteiger partial charge in [-0.3, -0.25) is 14.9 Å². The van der Waals surface area contributed by atoms with E-state index >= 15 is 0 Å². The molecule has 1 aliphatic carbocycles. The summed E-state index contributed by atoms with van der Waals surface area (Å²) in [6.07, 6.45) is 6.67. The van der Waals surface area contributed by atoms with Gasteiger partial charge in [-0.25, -0.2) is 4.98 Å². The van der Waals surface area contributed by atoms with Crippen molar-refractivity contribution in [2.45, 2.75) is 25.8 Å². The number of hydrogen-bond acceptors (Lipinski definition) is 4. The molecule has 3 aromatic heterocycles. The van der Waals surface area contributed by atoms with Crippen LogP contribution in [0.1, 0.15) is 33.7 Å². The molecule has 0 fully saturated rings. The zero-order valence-corrected chi connectivity index (χ0v) is 15.3. The summed E-state index contributed by atoms with van der Waals surface area (Å²) < 4.78 is 0. The van der Waals surface area contributed by atoms with Gasteiger partial charge in [0.15, 0.2) is 0 Å². The molecule has 138 valence electrons. The highest BCUT2D eigenvalue weighted by Gasteiger charge is 2.19. The topological polar surface area (TPSA) is 83.6 Å². The number of pyridine rings is 2. The molecule has 0 bridgehead atoms. The first kappa shape index (κ1) is 16.6. The van der Waals surface area contributed by atoms with Gasteiger partial charge < -0.3 is 5.32 Å². The zero-order valence-electron chi connectivity index (χ0n) is 15.3. The first-order chi connectivity index (χ1) is 13.8. The summed E-state index contributed by atoms with van der Waals surface area (Å²) in [6.45, 7) is 0.423. The minimum atomic E-state index is -0.122. The minimum absolute atomic E-state index is 0.122. The van der Waals surface area contributed by atoms with Gasteiger partial charge in [-0.05, 0) is 49.1 Å². The van der Waals surface area contributed by atoms with Gasteiger partial charge in [0.05, 0.1) is 29.0 Å². The Morgan fingerprint density at radius 3 is 2.86 bits per heavy atom. The Balaban J connectivity index is 1.49. The van der Waals surface area contributed by atoms with Crippen LogP contribution in [0.5, 0.6) is 0 Å². The molecule has 28 heavy (non-hydrogen) atoms. The third-order valence-electron chi connectivity index (χ3n) is 5.25. The Labute approximate surface area is 162 Å². The van der Waals surface area contributed by atoms with Gasteiger partial charge >= 0.3 is 0 Å². The average molecular weight is 369 g/mol. The second-order valence-electron chi connectivity index (χ2n) is 6.97. The van der Waals surface area contributed by atoms with Crippen LogP contribution in [0.25, 0.3) is 22.2 Å². The van der Waals surface area contributed by atoms with Crippen LogP contribution in [-0.4, -0.2) is 26.1 Å². The van der Waals surface area contributed by atoms with Crippen molar-refractivity contribution < 1.29 is 4.79 Å². The molecule has 0 aliphatic heterocycles. The number of rotatable bonds is 4. The van der Waals surface area contributed by atoms with E-state index in [1.54, 1.807) is 12.4 Å². The highest BCUT2D eigenvalue weighted by atomic mass is 16.1. The Morgan fingerprint density at radius 1 is 1.11 bits per heavy atom. The van der Waals surface area contributed by atoms with E-state index in [2.05, 4.69) is 20.5 Å². The van der Waals surface area contributed by atoms with Gasteiger partial charge in [0.2, 0.25) is 0 Å². The number of amides is 1. The average Bonchev–Trinajstić information content (AvgIpc) is 3.36. The van der Waals surface area contributed by atoms with Crippen LogP contribution in [0.15, 0.2) is 54.9 Å². The normalized spacial score (nSPS) is 12.9. The third-order valence-corrected chi connectivity index (χ3v) is 5.25. The van der Waals surface area contributed by atoms with Crippen molar-refractivity contribution in [2.24, 2.45) is 0 Å².